The monoisotopic (exact) mass is 367 g/mol. The second-order valence-corrected chi connectivity index (χ2v) is 6.23. The predicted octanol–water partition coefficient (Wildman–Crippen LogP) is 3.87. The van der Waals surface area contributed by atoms with E-state index in [9.17, 15) is 9.59 Å². The van der Waals surface area contributed by atoms with Crippen LogP contribution in [0.1, 0.15) is 11.1 Å². The first kappa shape index (κ1) is 17.8. The number of benzene rings is 2. The van der Waals surface area contributed by atoms with E-state index in [1.165, 1.54) is 6.07 Å². The number of anilines is 1. The van der Waals surface area contributed by atoms with Crippen LogP contribution < -0.4 is 16.2 Å². The first-order valence-electron chi connectivity index (χ1n) is 8.14. The Morgan fingerprint density at radius 1 is 0.923 bits per heavy atom. The lowest BCUT2D eigenvalue weighted by Crippen LogP contribution is -2.28. The number of urea groups is 1. The minimum Gasteiger partial charge on any atom is -0.334 e. The van der Waals surface area contributed by atoms with E-state index in [4.69, 9.17) is 11.6 Å². The van der Waals surface area contributed by atoms with Gasteiger partial charge in [0.1, 0.15) is 0 Å². The maximum absolute atomic E-state index is 12.0. The van der Waals surface area contributed by atoms with Crippen LogP contribution in [0.2, 0.25) is 5.02 Å². The van der Waals surface area contributed by atoms with Crippen LogP contribution in [0.3, 0.4) is 0 Å². The molecule has 0 aliphatic carbocycles. The Bertz CT molecular complexity index is 934. The number of carbonyl (C=O) groups is 1. The molecule has 0 saturated heterocycles. The van der Waals surface area contributed by atoms with Crippen molar-refractivity contribution < 1.29 is 4.79 Å². The highest BCUT2D eigenvalue weighted by atomic mass is 35.5. The highest BCUT2D eigenvalue weighted by molar-refractivity contribution is 6.30. The topological polar surface area (TPSA) is 63.1 Å². The fraction of sp³-hybridized carbons (Fsp3) is 0.100. The van der Waals surface area contributed by atoms with Gasteiger partial charge >= 0.3 is 6.03 Å². The van der Waals surface area contributed by atoms with Gasteiger partial charge in [-0.15, -0.1) is 0 Å². The number of rotatable bonds is 5. The van der Waals surface area contributed by atoms with Crippen molar-refractivity contribution in [2.75, 3.05) is 5.32 Å². The molecule has 0 unspecified atom stereocenters. The van der Waals surface area contributed by atoms with Gasteiger partial charge in [-0.1, -0.05) is 41.9 Å². The summed E-state index contributed by atoms with van der Waals surface area (Å²) >= 11 is 5.84. The molecule has 0 saturated carbocycles. The van der Waals surface area contributed by atoms with Crippen LogP contribution in [0.4, 0.5) is 10.5 Å². The Morgan fingerprint density at radius 3 is 2.31 bits per heavy atom. The molecule has 2 amide bonds. The van der Waals surface area contributed by atoms with Gasteiger partial charge in [0.25, 0.3) is 5.56 Å². The first-order chi connectivity index (χ1) is 12.6. The van der Waals surface area contributed by atoms with E-state index in [1.807, 2.05) is 42.5 Å². The summed E-state index contributed by atoms with van der Waals surface area (Å²) in [4.78, 5) is 23.7. The summed E-state index contributed by atoms with van der Waals surface area (Å²) in [7, 11) is 0. The van der Waals surface area contributed by atoms with Crippen molar-refractivity contribution in [3.8, 4) is 0 Å². The minimum atomic E-state index is -0.285. The third-order valence-electron chi connectivity index (χ3n) is 3.83. The summed E-state index contributed by atoms with van der Waals surface area (Å²) < 4.78 is 1.63. The summed E-state index contributed by atoms with van der Waals surface area (Å²) in [5.74, 6) is 0. The molecular formula is C20H18ClN3O2. The van der Waals surface area contributed by atoms with Crippen LogP contribution in [0, 0.1) is 0 Å². The average molecular weight is 368 g/mol. The second-order valence-electron chi connectivity index (χ2n) is 5.80. The Morgan fingerprint density at radius 2 is 1.62 bits per heavy atom. The van der Waals surface area contributed by atoms with E-state index < -0.39 is 0 Å². The second kappa shape index (κ2) is 8.36. The van der Waals surface area contributed by atoms with Crippen molar-refractivity contribution in [3.05, 3.63) is 99.4 Å². The van der Waals surface area contributed by atoms with Crippen LogP contribution in [-0.2, 0) is 13.1 Å². The van der Waals surface area contributed by atoms with Crippen molar-refractivity contribution in [1.82, 2.24) is 9.88 Å². The Balaban J connectivity index is 1.53. The number of hydrogen-bond acceptors (Lipinski definition) is 2. The van der Waals surface area contributed by atoms with E-state index in [2.05, 4.69) is 10.6 Å². The zero-order valence-corrected chi connectivity index (χ0v) is 14.7. The molecule has 0 radical (unpaired) electrons. The van der Waals surface area contributed by atoms with Gasteiger partial charge in [-0.25, -0.2) is 4.79 Å². The fourth-order valence-electron chi connectivity index (χ4n) is 2.44. The number of nitrogens with zero attached hydrogens (tertiary/aromatic N) is 1. The molecule has 1 heterocycles. The molecule has 0 aliphatic rings. The van der Waals surface area contributed by atoms with E-state index >= 15 is 0 Å². The summed E-state index contributed by atoms with van der Waals surface area (Å²) in [5, 5.41) is 6.23. The minimum absolute atomic E-state index is 0.0451. The normalized spacial score (nSPS) is 10.3. The van der Waals surface area contributed by atoms with Gasteiger partial charge in [-0.3, -0.25) is 4.79 Å². The Hall–Kier alpha value is -3.05. The Kier molecular flexibility index (Phi) is 5.71. The number of carbonyl (C=O) groups excluding carboxylic acids is 1. The van der Waals surface area contributed by atoms with E-state index in [0.29, 0.717) is 23.8 Å². The molecule has 1 aromatic heterocycles. The largest absolute Gasteiger partial charge is 0.334 e. The van der Waals surface area contributed by atoms with Crippen LogP contribution >= 0.6 is 11.6 Å². The molecule has 0 bridgehead atoms. The standard InChI is InChI=1S/C20H18ClN3O2/c21-17-8-4-15(5-9-17)13-22-20(26)23-18-10-6-16(7-11-18)14-24-12-2-1-3-19(24)25/h1-12H,13-14H2,(H2,22,23,26). The lowest BCUT2D eigenvalue weighted by atomic mass is 10.2. The molecule has 0 fully saturated rings. The van der Waals surface area contributed by atoms with Gasteiger partial charge in [0.05, 0.1) is 6.54 Å². The van der Waals surface area contributed by atoms with Gasteiger partial charge in [0.15, 0.2) is 0 Å². The summed E-state index contributed by atoms with van der Waals surface area (Å²) in [6, 6.07) is 19.5. The average Bonchev–Trinajstić information content (AvgIpc) is 2.65. The Labute approximate surface area is 156 Å². The summed E-state index contributed by atoms with van der Waals surface area (Å²) in [6.07, 6.45) is 1.75. The fourth-order valence-corrected chi connectivity index (χ4v) is 2.57. The molecular weight excluding hydrogens is 350 g/mol. The quantitative estimate of drug-likeness (QED) is 0.719. The van der Waals surface area contributed by atoms with Crippen molar-refractivity contribution in [3.63, 3.8) is 0 Å². The lowest BCUT2D eigenvalue weighted by molar-refractivity contribution is 0.251. The van der Waals surface area contributed by atoms with Crippen LogP contribution in [0.5, 0.6) is 0 Å². The maximum Gasteiger partial charge on any atom is 0.319 e. The van der Waals surface area contributed by atoms with Gasteiger partial charge in [0.2, 0.25) is 0 Å². The molecule has 0 atom stereocenters. The summed E-state index contributed by atoms with van der Waals surface area (Å²) in [5.41, 5.74) is 2.58. The van der Waals surface area contributed by atoms with E-state index in [0.717, 1.165) is 11.1 Å². The first-order valence-corrected chi connectivity index (χ1v) is 8.52. The molecule has 3 rings (SSSR count). The molecule has 26 heavy (non-hydrogen) atoms. The zero-order valence-electron chi connectivity index (χ0n) is 14.0. The molecule has 3 aromatic rings. The number of halogens is 1. The van der Waals surface area contributed by atoms with Crippen LogP contribution in [0.15, 0.2) is 77.7 Å². The van der Waals surface area contributed by atoms with Crippen molar-refractivity contribution >= 4 is 23.3 Å². The number of pyridine rings is 1. The van der Waals surface area contributed by atoms with E-state index in [-0.39, 0.29) is 11.6 Å². The molecule has 0 spiro atoms. The summed E-state index contributed by atoms with van der Waals surface area (Å²) in [6.45, 7) is 0.903. The number of hydrogen-bond donors (Lipinski definition) is 2. The lowest BCUT2D eigenvalue weighted by Gasteiger charge is -2.09. The molecule has 132 valence electrons. The number of amides is 2. The van der Waals surface area contributed by atoms with Gasteiger partial charge in [0, 0.05) is 29.5 Å². The maximum atomic E-state index is 12.0. The van der Waals surface area contributed by atoms with E-state index in [1.54, 1.807) is 29.0 Å². The molecule has 5 nitrogen and oxygen atoms in total. The van der Waals surface area contributed by atoms with Gasteiger partial charge in [-0.2, -0.15) is 0 Å². The van der Waals surface area contributed by atoms with Crippen molar-refractivity contribution in [2.45, 2.75) is 13.1 Å². The van der Waals surface area contributed by atoms with Crippen LogP contribution in [-0.4, -0.2) is 10.6 Å². The molecule has 6 heteroatoms. The SMILES string of the molecule is O=C(NCc1ccc(Cl)cc1)Nc1ccc(Cn2ccccc2=O)cc1. The van der Waals surface area contributed by atoms with Gasteiger partial charge < -0.3 is 15.2 Å². The zero-order chi connectivity index (χ0) is 18.4. The molecule has 0 aliphatic heterocycles. The van der Waals surface area contributed by atoms with Gasteiger partial charge in [-0.05, 0) is 41.5 Å². The number of aromatic nitrogens is 1. The molecule has 2 aromatic carbocycles. The third kappa shape index (κ3) is 4.97. The number of nitrogens with one attached hydrogen (secondary N) is 2. The highest BCUT2D eigenvalue weighted by Crippen LogP contribution is 2.11. The highest BCUT2D eigenvalue weighted by Gasteiger charge is 2.03. The predicted molar refractivity (Wildman–Crippen MR) is 104 cm³/mol. The smallest absolute Gasteiger partial charge is 0.319 e. The molecule has 2 N–H and O–H groups in total. The third-order valence-corrected chi connectivity index (χ3v) is 4.08. The van der Waals surface area contributed by atoms with Crippen molar-refractivity contribution in [2.24, 2.45) is 0 Å². The van der Waals surface area contributed by atoms with Crippen LogP contribution in [0.25, 0.3) is 0 Å². The van der Waals surface area contributed by atoms with Crippen molar-refractivity contribution in [1.29, 1.82) is 0 Å².